The Kier molecular flexibility index (Phi) is 7.86. The minimum absolute atomic E-state index is 0.148. The van der Waals surface area contributed by atoms with Gasteiger partial charge in [-0.15, -0.1) is 0 Å². The molecule has 2 aromatic carbocycles. The summed E-state index contributed by atoms with van der Waals surface area (Å²) in [5.74, 6) is 0.453. The van der Waals surface area contributed by atoms with E-state index in [1.807, 2.05) is 54.6 Å². The molecule has 1 N–H and O–H groups in total. The molecule has 2 aromatic rings. The Bertz CT molecular complexity index is 729. The van der Waals surface area contributed by atoms with E-state index in [-0.39, 0.29) is 11.8 Å². The molecule has 0 aliphatic rings. The molecule has 0 aliphatic carbocycles. The van der Waals surface area contributed by atoms with Gasteiger partial charge in [0.05, 0.1) is 7.11 Å². The molecule has 5 nitrogen and oxygen atoms in total. The van der Waals surface area contributed by atoms with Gasteiger partial charge in [-0.25, -0.2) is 0 Å². The van der Waals surface area contributed by atoms with Crippen LogP contribution in [0.2, 0.25) is 0 Å². The summed E-state index contributed by atoms with van der Waals surface area (Å²) >= 11 is 0. The Morgan fingerprint density at radius 1 is 1.07 bits per heavy atom. The van der Waals surface area contributed by atoms with Crippen molar-refractivity contribution < 1.29 is 14.3 Å². The SMILES string of the molecule is CCCCNC(=O)[C@@H](c1ccccc1)N(Cc1ccc(OC)cc1)C(C)=O. The molecule has 1 atom stereocenters. The third-order valence-corrected chi connectivity index (χ3v) is 4.42. The second kappa shape index (κ2) is 10.4. The fourth-order valence-electron chi connectivity index (χ4n) is 2.91. The molecular formula is C22H28N2O3. The second-order valence-electron chi connectivity index (χ2n) is 6.45. The van der Waals surface area contributed by atoms with Crippen LogP contribution in [0.5, 0.6) is 5.75 Å². The van der Waals surface area contributed by atoms with E-state index in [4.69, 9.17) is 4.74 Å². The monoisotopic (exact) mass is 368 g/mol. The molecule has 27 heavy (non-hydrogen) atoms. The van der Waals surface area contributed by atoms with Crippen molar-refractivity contribution in [1.29, 1.82) is 0 Å². The maximum absolute atomic E-state index is 12.9. The molecule has 0 unspecified atom stereocenters. The van der Waals surface area contributed by atoms with E-state index in [1.165, 1.54) is 6.92 Å². The van der Waals surface area contributed by atoms with Gasteiger partial charge in [0.1, 0.15) is 11.8 Å². The molecule has 0 bridgehead atoms. The maximum atomic E-state index is 12.9. The summed E-state index contributed by atoms with van der Waals surface area (Å²) < 4.78 is 5.19. The number of methoxy groups -OCH3 is 1. The van der Waals surface area contributed by atoms with E-state index in [0.29, 0.717) is 13.1 Å². The van der Waals surface area contributed by atoms with Gasteiger partial charge in [-0.1, -0.05) is 55.8 Å². The first-order valence-electron chi connectivity index (χ1n) is 9.29. The van der Waals surface area contributed by atoms with Gasteiger partial charge in [-0.05, 0) is 29.7 Å². The number of benzene rings is 2. The van der Waals surface area contributed by atoms with Crippen LogP contribution in [-0.4, -0.2) is 30.4 Å². The summed E-state index contributed by atoms with van der Waals surface area (Å²) in [5.41, 5.74) is 1.74. The van der Waals surface area contributed by atoms with Crippen LogP contribution in [0.15, 0.2) is 54.6 Å². The van der Waals surface area contributed by atoms with E-state index < -0.39 is 6.04 Å². The van der Waals surface area contributed by atoms with Crippen molar-refractivity contribution in [1.82, 2.24) is 10.2 Å². The fourth-order valence-corrected chi connectivity index (χ4v) is 2.91. The number of rotatable bonds is 9. The van der Waals surface area contributed by atoms with E-state index >= 15 is 0 Å². The molecule has 0 spiro atoms. The van der Waals surface area contributed by atoms with E-state index in [0.717, 1.165) is 29.7 Å². The van der Waals surface area contributed by atoms with Gasteiger partial charge in [0.25, 0.3) is 0 Å². The van der Waals surface area contributed by atoms with Crippen LogP contribution in [0.1, 0.15) is 43.9 Å². The molecule has 2 rings (SSSR count). The van der Waals surface area contributed by atoms with Crippen LogP contribution in [0, 0.1) is 0 Å². The van der Waals surface area contributed by atoms with Crippen molar-refractivity contribution in [2.75, 3.05) is 13.7 Å². The van der Waals surface area contributed by atoms with Crippen LogP contribution >= 0.6 is 0 Å². The molecule has 0 aromatic heterocycles. The van der Waals surface area contributed by atoms with E-state index in [2.05, 4.69) is 12.2 Å². The summed E-state index contributed by atoms with van der Waals surface area (Å²) in [6.07, 6.45) is 1.91. The minimum Gasteiger partial charge on any atom is -0.497 e. The third-order valence-electron chi connectivity index (χ3n) is 4.42. The molecule has 0 fully saturated rings. The molecule has 5 heteroatoms. The molecule has 0 heterocycles. The average Bonchev–Trinajstić information content (AvgIpc) is 2.69. The number of amides is 2. The first kappa shape index (κ1) is 20.5. The molecule has 144 valence electrons. The number of carbonyl (C=O) groups excluding carboxylic acids is 2. The number of nitrogens with zero attached hydrogens (tertiary/aromatic N) is 1. The lowest BCUT2D eigenvalue weighted by Crippen LogP contribution is -2.42. The Hall–Kier alpha value is -2.82. The smallest absolute Gasteiger partial charge is 0.247 e. The quantitative estimate of drug-likeness (QED) is 0.687. The minimum atomic E-state index is -0.664. The number of nitrogens with one attached hydrogen (secondary N) is 1. The lowest BCUT2D eigenvalue weighted by atomic mass is 10.0. The van der Waals surface area contributed by atoms with Gasteiger partial charge < -0.3 is 15.0 Å². The summed E-state index contributed by atoms with van der Waals surface area (Å²) in [6, 6.07) is 16.3. The summed E-state index contributed by atoms with van der Waals surface area (Å²) in [5, 5.41) is 2.97. The maximum Gasteiger partial charge on any atom is 0.247 e. The van der Waals surface area contributed by atoms with Gasteiger partial charge in [0, 0.05) is 20.0 Å². The lowest BCUT2D eigenvalue weighted by Gasteiger charge is -2.30. The lowest BCUT2D eigenvalue weighted by molar-refractivity contribution is -0.140. The average molecular weight is 368 g/mol. The highest BCUT2D eigenvalue weighted by Crippen LogP contribution is 2.24. The zero-order valence-corrected chi connectivity index (χ0v) is 16.3. The van der Waals surface area contributed by atoms with Gasteiger partial charge in [-0.2, -0.15) is 0 Å². The first-order valence-corrected chi connectivity index (χ1v) is 9.29. The number of hydrogen-bond acceptors (Lipinski definition) is 3. The van der Waals surface area contributed by atoms with Gasteiger partial charge in [0.15, 0.2) is 0 Å². The molecule has 0 saturated carbocycles. The zero-order valence-electron chi connectivity index (χ0n) is 16.3. The van der Waals surface area contributed by atoms with Gasteiger partial charge >= 0.3 is 0 Å². The number of ether oxygens (including phenoxy) is 1. The molecular weight excluding hydrogens is 340 g/mol. The Morgan fingerprint density at radius 2 is 1.74 bits per heavy atom. The first-order chi connectivity index (χ1) is 13.1. The zero-order chi connectivity index (χ0) is 19.6. The van der Waals surface area contributed by atoms with E-state index in [1.54, 1.807) is 12.0 Å². The standard InChI is InChI=1S/C22H28N2O3/c1-4-5-15-23-22(26)21(19-9-7-6-8-10-19)24(17(2)25)16-18-11-13-20(27-3)14-12-18/h6-14,21H,4-5,15-16H2,1-3H3,(H,23,26)/t21-/m1/s1. The van der Waals surface area contributed by atoms with Gasteiger partial charge in [0.2, 0.25) is 11.8 Å². The van der Waals surface area contributed by atoms with Crippen LogP contribution in [0.3, 0.4) is 0 Å². The third kappa shape index (κ3) is 5.84. The van der Waals surface area contributed by atoms with E-state index in [9.17, 15) is 9.59 Å². The van der Waals surface area contributed by atoms with Crippen molar-refractivity contribution in [2.24, 2.45) is 0 Å². The Labute approximate surface area is 161 Å². The Balaban J connectivity index is 2.29. The molecule has 0 radical (unpaired) electrons. The van der Waals surface area contributed by atoms with Gasteiger partial charge in [-0.3, -0.25) is 9.59 Å². The molecule has 0 saturated heterocycles. The number of unbranched alkanes of at least 4 members (excludes halogenated alkanes) is 1. The highest BCUT2D eigenvalue weighted by atomic mass is 16.5. The van der Waals surface area contributed by atoms with Crippen LogP contribution in [0.4, 0.5) is 0 Å². The topological polar surface area (TPSA) is 58.6 Å². The van der Waals surface area contributed by atoms with Crippen molar-refractivity contribution in [3.8, 4) is 5.75 Å². The van der Waals surface area contributed by atoms with Crippen LogP contribution in [-0.2, 0) is 16.1 Å². The van der Waals surface area contributed by atoms with Crippen molar-refractivity contribution in [3.63, 3.8) is 0 Å². The van der Waals surface area contributed by atoms with Crippen molar-refractivity contribution in [3.05, 3.63) is 65.7 Å². The predicted molar refractivity (Wildman–Crippen MR) is 106 cm³/mol. The van der Waals surface area contributed by atoms with Crippen LogP contribution in [0.25, 0.3) is 0 Å². The predicted octanol–water partition coefficient (Wildman–Crippen LogP) is 3.70. The largest absolute Gasteiger partial charge is 0.497 e. The summed E-state index contributed by atoms with van der Waals surface area (Å²) in [6.45, 7) is 4.53. The fraction of sp³-hybridized carbons (Fsp3) is 0.364. The number of hydrogen-bond donors (Lipinski definition) is 1. The van der Waals surface area contributed by atoms with Crippen molar-refractivity contribution in [2.45, 2.75) is 39.3 Å². The molecule has 2 amide bonds. The second-order valence-corrected chi connectivity index (χ2v) is 6.45. The molecule has 0 aliphatic heterocycles. The Morgan fingerprint density at radius 3 is 2.30 bits per heavy atom. The highest BCUT2D eigenvalue weighted by Gasteiger charge is 2.29. The normalized spacial score (nSPS) is 11.5. The van der Waals surface area contributed by atoms with Crippen molar-refractivity contribution >= 4 is 11.8 Å². The van der Waals surface area contributed by atoms with Crippen LogP contribution < -0.4 is 10.1 Å². The highest BCUT2D eigenvalue weighted by molar-refractivity contribution is 5.88. The number of carbonyl (C=O) groups is 2. The summed E-state index contributed by atoms with van der Waals surface area (Å²) in [4.78, 5) is 27.0. The summed E-state index contributed by atoms with van der Waals surface area (Å²) in [7, 11) is 1.61.